The molecule has 0 amide bonds. The van der Waals surface area contributed by atoms with Crippen LogP contribution in [-0.2, 0) is 0 Å². The largest absolute Gasteiger partial charge is 0.491 e. The molecule has 1 aromatic heterocycles. The highest BCUT2D eigenvalue weighted by Crippen LogP contribution is 2.35. The lowest BCUT2D eigenvalue weighted by Crippen LogP contribution is -2.29. The standard InChI is InChI=1S/C11H19BN2O2/c1-8-3-9(2)5-11(4-8)14-7-10(6-13-14)12(15)16/h6-9,11,15-16H,3-5H2,1-2H3. The molecule has 0 bridgehead atoms. The van der Waals surface area contributed by atoms with E-state index in [-0.39, 0.29) is 0 Å². The van der Waals surface area contributed by atoms with E-state index in [9.17, 15) is 0 Å². The number of nitrogens with zero attached hydrogens (tertiary/aromatic N) is 2. The molecule has 0 aromatic carbocycles. The van der Waals surface area contributed by atoms with Crippen molar-refractivity contribution >= 4 is 12.6 Å². The molecular formula is C11H19BN2O2. The molecule has 2 unspecified atom stereocenters. The van der Waals surface area contributed by atoms with E-state index in [2.05, 4.69) is 18.9 Å². The quantitative estimate of drug-likeness (QED) is 0.719. The summed E-state index contributed by atoms with van der Waals surface area (Å²) in [5, 5.41) is 22.3. The Morgan fingerprint density at radius 1 is 1.25 bits per heavy atom. The first kappa shape index (κ1) is 11.7. The number of aromatic nitrogens is 2. The molecular weight excluding hydrogens is 203 g/mol. The van der Waals surface area contributed by atoms with Crippen molar-refractivity contribution in [3.05, 3.63) is 12.4 Å². The van der Waals surface area contributed by atoms with Crippen LogP contribution in [0.2, 0.25) is 0 Å². The van der Waals surface area contributed by atoms with Crippen LogP contribution in [0.1, 0.15) is 39.2 Å². The fraction of sp³-hybridized carbons (Fsp3) is 0.727. The molecule has 2 N–H and O–H groups in total. The Bertz CT molecular complexity index is 344. The molecule has 2 rings (SSSR count). The van der Waals surface area contributed by atoms with Gasteiger partial charge >= 0.3 is 7.12 Å². The molecule has 1 heterocycles. The molecule has 1 saturated carbocycles. The maximum absolute atomic E-state index is 9.04. The zero-order valence-electron chi connectivity index (χ0n) is 9.87. The molecule has 0 spiro atoms. The Hall–Kier alpha value is -0.805. The predicted octanol–water partition coefficient (Wildman–Crippen LogP) is 0.560. The Kier molecular flexibility index (Phi) is 3.35. The Morgan fingerprint density at radius 2 is 1.88 bits per heavy atom. The molecule has 0 radical (unpaired) electrons. The summed E-state index contributed by atoms with van der Waals surface area (Å²) in [6.07, 6.45) is 6.84. The Balaban J connectivity index is 2.10. The number of hydrogen-bond acceptors (Lipinski definition) is 3. The zero-order valence-corrected chi connectivity index (χ0v) is 9.87. The molecule has 1 aromatic rings. The average Bonchev–Trinajstić information content (AvgIpc) is 2.64. The zero-order chi connectivity index (χ0) is 11.7. The van der Waals surface area contributed by atoms with Gasteiger partial charge in [0.15, 0.2) is 0 Å². The maximum atomic E-state index is 9.04. The lowest BCUT2D eigenvalue weighted by Gasteiger charge is -2.31. The van der Waals surface area contributed by atoms with Gasteiger partial charge in [-0.2, -0.15) is 5.10 Å². The summed E-state index contributed by atoms with van der Waals surface area (Å²) in [7, 11) is -1.41. The van der Waals surface area contributed by atoms with Crippen molar-refractivity contribution in [2.45, 2.75) is 39.2 Å². The second-order valence-electron chi connectivity index (χ2n) is 5.20. The van der Waals surface area contributed by atoms with E-state index >= 15 is 0 Å². The van der Waals surface area contributed by atoms with Gasteiger partial charge in [-0.25, -0.2) is 0 Å². The van der Waals surface area contributed by atoms with Gasteiger partial charge in [-0.05, 0) is 31.1 Å². The third-order valence-electron chi connectivity index (χ3n) is 3.45. The highest BCUT2D eigenvalue weighted by Gasteiger charge is 2.26. The predicted molar refractivity (Wildman–Crippen MR) is 63.3 cm³/mol. The minimum absolute atomic E-state index is 0.409. The van der Waals surface area contributed by atoms with Crippen molar-refractivity contribution in [3.8, 4) is 0 Å². The molecule has 4 nitrogen and oxygen atoms in total. The molecule has 88 valence electrons. The number of hydrogen-bond donors (Lipinski definition) is 2. The van der Waals surface area contributed by atoms with Crippen LogP contribution in [-0.4, -0.2) is 26.9 Å². The van der Waals surface area contributed by atoms with Crippen molar-refractivity contribution < 1.29 is 10.0 Å². The third-order valence-corrected chi connectivity index (χ3v) is 3.45. The summed E-state index contributed by atoms with van der Waals surface area (Å²) in [6.45, 7) is 4.54. The van der Waals surface area contributed by atoms with Crippen molar-refractivity contribution in [1.82, 2.24) is 9.78 Å². The second kappa shape index (κ2) is 4.59. The summed E-state index contributed by atoms with van der Waals surface area (Å²) in [4.78, 5) is 0. The van der Waals surface area contributed by atoms with E-state index < -0.39 is 7.12 Å². The minimum atomic E-state index is -1.41. The lowest BCUT2D eigenvalue weighted by molar-refractivity contribution is 0.210. The summed E-state index contributed by atoms with van der Waals surface area (Å²) >= 11 is 0. The summed E-state index contributed by atoms with van der Waals surface area (Å²) in [5.41, 5.74) is 0.478. The highest BCUT2D eigenvalue weighted by molar-refractivity contribution is 6.58. The first-order valence-electron chi connectivity index (χ1n) is 5.96. The van der Waals surface area contributed by atoms with Gasteiger partial charge in [0.2, 0.25) is 0 Å². The molecule has 2 atom stereocenters. The summed E-state index contributed by atoms with van der Waals surface area (Å²) in [5.74, 6) is 1.45. The fourth-order valence-electron chi connectivity index (χ4n) is 2.81. The van der Waals surface area contributed by atoms with Crippen molar-refractivity contribution in [2.24, 2.45) is 11.8 Å². The van der Waals surface area contributed by atoms with Crippen LogP contribution in [0.5, 0.6) is 0 Å². The summed E-state index contributed by atoms with van der Waals surface area (Å²) in [6, 6.07) is 0.409. The minimum Gasteiger partial charge on any atom is -0.423 e. The summed E-state index contributed by atoms with van der Waals surface area (Å²) < 4.78 is 1.89. The molecule has 1 fully saturated rings. The van der Waals surface area contributed by atoms with Crippen LogP contribution in [0.15, 0.2) is 12.4 Å². The van der Waals surface area contributed by atoms with Crippen LogP contribution < -0.4 is 5.46 Å². The van der Waals surface area contributed by atoms with Crippen LogP contribution in [0.3, 0.4) is 0 Å². The van der Waals surface area contributed by atoms with Gasteiger partial charge in [0.25, 0.3) is 0 Å². The molecule has 1 aliphatic rings. The van der Waals surface area contributed by atoms with Gasteiger partial charge in [0.1, 0.15) is 0 Å². The fourth-order valence-corrected chi connectivity index (χ4v) is 2.81. The molecule has 0 aliphatic heterocycles. The maximum Gasteiger partial charge on any atom is 0.491 e. The van der Waals surface area contributed by atoms with E-state index in [1.54, 1.807) is 6.20 Å². The van der Waals surface area contributed by atoms with Crippen LogP contribution in [0.25, 0.3) is 0 Å². The van der Waals surface area contributed by atoms with Gasteiger partial charge in [0.05, 0.1) is 6.04 Å². The second-order valence-corrected chi connectivity index (χ2v) is 5.20. The van der Waals surface area contributed by atoms with Crippen molar-refractivity contribution in [1.29, 1.82) is 0 Å². The van der Waals surface area contributed by atoms with Gasteiger partial charge in [-0.1, -0.05) is 13.8 Å². The monoisotopic (exact) mass is 222 g/mol. The van der Waals surface area contributed by atoms with E-state index in [0.717, 1.165) is 24.7 Å². The highest BCUT2D eigenvalue weighted by atomic mass is 16.4. The first-order valence-corrected chi connectivity index (χ1v) is 5.96. The SMILES string of the molecule is CC1CC(C)CC(n2cc(B(O)O)cn2)C1. The van der Waals surface area contributed by atoms with Crippen LogP contribution >= 0.6 is 0 Å². The first-order chi connectivity index (χ1) is 7.56. The van der Waals surface area contributed by atoms with E-state index in [1.807, 2.05) is 4.68 Å². The average molecular weight is 222 g/mol. The Labute approximate surface area is 96.4 Å². The van der Waals surface area contributed by atoms with Crippen molar-refractivity contribution in [2.75, 3.05) is 0 Å². The molecule has 0 saturated heterocycles. The van der Waals surface area contributed by atoms with Crippen molar-refractivity contribution in [3.63, 3.8) is 0 Å². The van der Waals surface area contributed by atoms with Gasteiger partial charge in [-0.15, -0.1) is 0 Å². The molecule has 16 heavy (non-hydrogen) atoms. The molecule has 1 aliphatic carbocycles. The van der Waals surface area contributed by atoms with Crippen LogP contribution in [0, 0.1) is 11.8 Å². The smallest absolute Gasteiger partial charge is 0.423 e. The molecule has 5 heteroatoms. The van der Waals surface area contributed by atoms with E-state index in [1.165, 1.54) is 12.6 Å². The lowest BCUT2D eigenvalue weighted by atomic mass is 9.80. The van der Waals surface area contributed by atoms with E-state index in [0.29, 0.717) is 11.5 Å². The van der Waals surface area contributed by atoms with E-state index in [4.69, 9.17) is 10.0 Å². The van der Waals surface area contributed by atoms with Crippen LogP contribution in [0.4, 0.5) is 0 Å². The topological polar surface area (TPSA) is 58.3 Å². The van der Waals surface area contributed by atoms with Gasteiger partial charge in [-0.3, -0.25) is 4.68 Å². The third kappa shape index (κ3) is 2.47. The number of rotatable bonds is 2. The van der Waals surface area contributed by atoms with Gasteiger partial charge < -0.3 is 10.0 Å². The van der Waals surface area contributed by atoms with Gasteiger partial charge in [0, 0.05) is 17.9 Å². The Morgan fingerprint density at radius 3 is 2.38 bits per heavy atom. The normalized spacial score (nSPS) is 30.4.